The number of hydrogen-bond donors (Lipinski definition) is 3. The zero-order valence-electron chi connectivity index (χ0n) is 22.6. The fraction of sp³-hybridized carbons (Fsp3) is 0.500. The summed E-state index contributed by atoms with van der Waals surface area (Å²) in [6.07, 6.45) is 1.89. The number of hydrogen-bond acceptors (Lipinski definition) is 7. The summed E-state index contributed by atoms with van der Waals surface area (Å²) in [5.74, 6) is 0.374. The topological polar surface area (TPSA) is 128 Å². The third-order valence-electron chi connectivity index (χ3n) is 5.55. The van der Waals surface area contributed by atoms with Gasteiger partial charge in [-0.3, -0.25) is 9.59 Å². The molecule has 1 saturated carbocycles. The van der Waals surface area contributed by atoms with E-state index in [2.05, 4.69) is 20.9 Å². The molecule has 10 nitrogen and oxygen atoms in total. The highest BCUT2D eigenvalue weighted by Gasteiger charge is 2.27. The van der Waals surface area contributed by atoms with Crippen LogP contribution in [0.5, 0.6) is 0 Å². The maximum absolute atomic E-state index is 12.9. The molecule has 1 fully saturated rings. The summed E-state index contributed by atoms with van der Waals surface area (Å²) in [6, 6.07) is 10.6. The minimum absolute atomic E-state index is 0.125. The number of amides is 3. The Labute approximate surface area is 223 Å². The lowest BCUT2D eigenvalue weighted by Gasteiger charge is -2.19. The number of benzene rings is 1. The number of para-hydroxylation sites is 1. The van der Waals surface area contributed by atoms with Crippen LogP contribution in [0, 0.1) is 6.92 Å². The number of aryl methyl sites for hydroxylation is 1. The van der Waals surface area contributed by atoms with E-state index < -0.39 is 11.7 Å². The van der Waals surface area contributed by atoms with E-state index in [1.54, 1.807) is 51.1 Å². The van der Waals surface area contributed by atoms with Crippen molar-refractivity contribution >= 4 is 29.4 Å². The Balaban J connectivity index is 1.34. The number of nitrogens with zero attached hydrogens (tertiary/aromatic N) is 1. The molecule has 1 aromatic carbocycles. The van der Waals surface area contributed by atoms with Crippen molar-refractivity contribution in [3.63, 3.8) is 0 Å². The van der Waals surface area contributed by atoms with Crippen LogP contribution >= 0.6 is 0 Å². The number of nitrogens with one attached hydrogen (secondary N) is 3. The van der Waals surface area contributed by atoms with E-state index in [1.807, 2.05) is 13.0 Å². The van der Waals surface area contributed by atoms with E-state index >= 15 is 0 Å². The molecule has 0 saturated heterocycles. The van der Waals surface area contributed by atoms with E-state index in [4.69, 9.17) is 14.2 Å². The molecule has 1 aliphatic rings. The maximum Gasteiger partial charge on any atom is 0.407 e. The van der Waals surface area contributed by atoms with Crippen molar-refractivity contribution < 1.29 is 28.6 Å². The van der Waals surface area contributed by atoms with Crippen molar-refractivity contribution in [1.82, 2.24) is 10.3 Å². The van der Waals surface area contributed by atoms with Gasteiger partial charge in [0, 0.05) is 18.2 Å². The lowest BCUT2D eigenvalue weighted by atomic mass is 10.1. The van der Waals surface area contributed by atoms with Gasteiger partial charge in [0.1, 0.15) is 11.4 Å². The number of rotatable bonds is 13. The first-order valence-electron chi connectivity index (χ1n) is 12.9. The first-order valence-corrected chi connectivity index (χ1v) is 12.9. The third-order valence-corrected chi connectivity index (χ3v) is 5.55. The quantitative estimate of drug-likeness (QED) is 0.330. The molecule has 0 bridgehead atoms. The molecule has 0 unspecified atom stereocenters. The van der Waals surface area contributed by atoms with Crippen LogP contribution in [0.4, 0.5) is 16.3 Å². The van der Waals surface area contributed by atoms with Gasteiger partial charge in [-0.2, -0.15) is 0 Å². The predicted molar refractivity (Wildman–Crippen MR) is 144 cm³/mol. The molecule has 1 aliphatic carbocycles. The number of ether oxygens (including phenoxy) is 3. The second-order valence-electron chi connectivity index (χ2n) is 10.1. The van der Waals surface area contributed by atoms with Gasteiger partial charge in [-0.05, 0) is 64.3 Å². The number of carbonyl (C=O) groups is 3. The van der Waals surface area contributed by atoms with Gasteiger partial charge in [0.15, 0.2) is 0 Å². The summed E-state index contributed by atoms with van der Waals surface area (Å²) in [5.41, 5.74) is 2.39. The van der Waals surface area contributed by atoms with Gasteiger partial charge >= 0.3 is 6.09 Å². The Hall–Kier alpha value is -3.50. The molecular formula is C28H38N4O6. The maximum atomic E-state index is 12.9. The molecule has 1 heterocycles. The van der Waals surface area contributed by atoms with E-state index in [1.165, 1.54) is 0 Å². The SMILES string of the molecule is Cc1ccc(NC(=O)c2ccccc2NC(=O)CCOCCOCCNC(=O)OC(C)(C)C)nc1C1CC1. The number of aromatic nitrogens is 1. The fourth-order valence-corrected chi connectivity index (χ4v) is 3.60. The normalized spacial score (nSPS) is 13.1. The summed E-state index contributed by atoms with van der Waals surface area (Å²) in [5, 5.41) is 8.24. The van der Waals surface area contributed by atoms with Gasteiger partial charge in [-0.15, -0.1) is 0 Å². The van der Waals surface area contributed by atoms with Gasteiger partial charge in [-0.25, -0.2) is 9.78 Å². The van der Waals surface area contributed by atoms with E-state index in [0.29, 0.717) is 49.4 Å². The first kappa shape index (κ1) is 29.1. The Kier molecular flexibility index (Phi) is 10.6. The molecule has 206 valence electrons. The van der Waals surface area contributed by atoms with Crippen LogP contribution in [0.15, 0.2) is 36.4 Å². The van der Waals surface area contributed by atoms with Crippen molar-refractivity contribution in [2.75, 3.05) is 43.6 Å². The van der Waals surface area contributed by atoms with E-state index in [0.717, 1.165) is 24.1 Å². The summed E-state index contributed by atoms with van der Waals surface area (Å²) in [6.45, 7) is 8.91. The first-order chi connectivity index (χ1) is 18.1. The largest absolute Gasteiger partial charge is 0.444 e. The van der Waals surface area contributed by atoms with Gasteiger partial charge in [0.2, 0.25) is 5.91 Å². The Morgan fingerprint density at radius 1 is 0.947 bits per heavy atom. The standard InChI is InChI=1S/C28H38N4O6/c1-19-9-12-23(31-25(19)20-10-11-20)32-26(34)21-7-5-6-8-22(21)30-24(33)13-15-36-17-18-37-16-14-29-27(35)38-28(2,3)4/h5-9,12,20H,10-11,13-18H2,1-4H3,(H,29,35)(H,30,33)(H,31,32,34). The fourth-order valence-electron chi connectivity index (χ4n) is 3.60. The van der Waals surface area contributed by atoms with Crippen molar-refractivity contribution in [1.29, 1.82) is 0 Å². The van der Waals surface area contributed by atoms with Crippen LogP contribution < -0.4 is 16.0 Å². The smallest absolute Gasteiger partial charge is 0.407 e. The third kappa shape index (κ3) is 10.1. The molecule has 3 N–H and O–H groups in total. The van der Waals surface area contributed by atoms with Crippen molar-refractivity contribution in [2.24, 2.45) is 0 Å². The molecule has 1 aromatic heterocycles. The second kappa shape index (κ2) is 13.9. The number of anilines is 2. The van der Waals surface area contributed by atoms with E-state index in [-0.39, 0.29) is 24.8 Å². The highest BCUT2D eigenvalue weighted by Crippen LogP contribution is 2.40. The molecule has 0 spiro atoms. The average Bonchev–Trinajstić information content (AvgIpc) is 3.69. The van der Waals surface area contributed by atoms with Crippen molar-refractivity contribution in [3.05, 3.63) is 53.2 Å². The van der Waals surface area contributed by atoms with Gasteiger partial charge in [-0.1, -0.05) is 18.2 Å². The molecule has 38 heavy (non-hydrogen) atoms. The van der Waals surface area contributed by atoms with Crippen LogP contribution in [0.1, 0.15) is 67.6 Å². The average molecular weight is 527 g/mol. The Bertz CT molecular complexity index is 1110. The summed E-state index contributed by atoms with van der Waals surface area (Å²) in [4.78, 5) is 41.5. The van der Waals surface area contributed by atoms with Crippen LogP contribution in [-0.2, 0) is 19.0 Å². The summed E-state index contributed by atoms with van der Waals surface area (Å²) in [7, 11) is 0. The highest BCUT2D eigenvalue weighted by molar-refractivity contribution is 6.09. The van der Waals surface area contributed by atoms with Crippen molar-refractivity contribution in [3.8, 4) is 0 Å². The molecule has 0 aliphatic heterocycles. The van der Waals surface area contributed by atoms with E-state index in [9.17, 15) is 14.4 Å². The minimum atomic E-state index is -0.544. The molecule has 2 aromatic rings. The monoisotopic (exact) mass is 526 g/mol. The molecule has 10 heteroatoms. The second-order valence-corrected chi connectivity index (χ2v) is 10.1. The molecule has 3 amide bonds. The zero-order chi connectivity index (χ0) is 27.5. The zero-order valence-corrected chi connectivity index (χ0v) is 22.6. The van der Waals surface area contributed by atoms with Crippen LogP contribution in [0.2, 0.25) is 0 Å². The molecular weight excluding hydrogens is 488 g/mol. The summed E-state index contributed by atoms with van der Waals surface area (Å²) >= 11 is 0. The predicted octanol–water partition coefficient (Wildman–Crippen LogP) is 4.41. The Morgan fingerprint density at radius 2 is 1.66 bits per heavy atom. The Morgan fingerprint density at radius 3 is 2.37 bits per heavy atom. The van der Waals surface area contributed by atoms with Crippen LogP contribution in [0.25, 0.3) is 0 Å². The van der Waals surface area contributed by atoms with Crippen molar-refractivity contribution in [2.45, 2.75) is 58.5 Å². The molecule has 0 radical (unpaired) electrons. The highest BCUT2D eigenvalue weighted by atomic mass is 16.6. The van der Waals surface area contributed by atoms with Gasteiger partial charge in [0.25, 0.3) is 5.91 Å². The van der Waals surface area contributed by atoms with Crippen LogP contribution in [0.3, 0.4) is 0 Å². The number of carbonyl (C=O) groups excluding carboxylic acids is 3. The molecule has 0 atom stereocenters. The number of pyridine rings is 1. The van der Waals surface area contributed by atoms with Crippen LogP contribution in [-0.4, -0.2) is 61.5 Å². The van der Waals surface area contributed by atoms with Gasteiger partial charge in [0.05, 0.1) is 44.1 Å². The lowest BCUT2D eigenvalue weighted by molar-refractivity contribution is -0.117. The summed E-state index contributed by atoms with van der Waals surface area (Å²) < 4.78 is 16.0. The lowest BCUT2D eigenvalue weighted by Crippen LogP contribution is -2.34. The number of alkyl carbamates (subject to hydrolysis) is 1. The minimum Gasteiger partial charge on any atom is -0.444 e. The molecule has 3 rings (SSSR count). The van der Waals surface area contributed by atoms with Gasteiger partial charge < -0.3 is 30.2 Å².